The zero-order valence-corrected chi connectivity index (χ0v) is 10.3. The summed E-state index contributed by atoms with van der Waals surface area (Å²) < 4.78 is 13.5. The zero-order chi connectivity index (χ0) is 12.4. The molecule has 0 radical (unpaired) electrons. The summed E-state index contributed by atoms with van der Waals surface area (Å²) >= 11 is 5.64. The molecule has 1 aromatic carbocycles. The summed E-state index contributed by atoms with van der Waals surface area (Å²) in [6, 6.07) is 7.15. The SMILES string of the molecule is Cc1cc(C)cc(Nc2ncc(Cl)cc2F)c1. The number of pyridine rings is 1. The van der Waals surface area contributed by atoms with Crippen molar-refractivity contribution in [2.24, 2.45) is 0 Å². The second kappa shape index (κ2) is 4.72. The third kappa shape index (κ3) is 2.94. The van der Waals surface area contributed by atoms with Crippen LogP contribution in [0.3, 0.4) is 0 Å². The van der Waals surface area contributed by atoms with E-state index >= 15 is 0 Å². The smallest absolute Gasteiger partial charge is 0.167 e. The van der Waals surface area contributed by atoms with E-state index < -0.39 is 5.82 Å². The van der Waals surface area contributed by atoms with Gasteiger partial charge in [-0.1, -0.05) is 17.7 Å². The molecule has 1 N–H and O–H groups in total. The van der Waals surface area contributed by atoms with Crippen molar-refractivity contribution in [3.8, 4) is 0 Å². The van der Waals surface area contributed by atoms with Gasteiger partial charge in [0, 0.05) is 11.9 Å². The van der Waals surface area contributed by atoms with E-state index in [9.17, 15) is 4.39 Å². The number of nitrogens with zero attached hydrogens (tertiary/aromatic N) is 1. The van der Waals surface area contributed by atoms with Crippen molar-refractivity contribution < 1.29 is 4.39 Å². The molecule has 2 nitrogen and oxygen atoms in total. The summed E-state index contributed by atoms with van der Waals surface area (Å²) in [7, 11) is 0. The largest absolute Gasteiger partial charge is 0.338 e. The van der Waals surface area contributed by atoms with Crippen LogP contribution in [0.1, 0.15) is 11.1 Å². The molecular weight excluding hydrogens is 239 g/mol. The van der Waals surface area contributed by atoms with Crippen LogP contribution in [0, 0.1) is 19.7 Å². The van der Waals surface area contributed by atoms with Crippen molar-refractivity contribution in [3.05, 3.63) is 52.4 Å². The molecule has 0 fully saturated rings. The first-order valence-corrected chi connectivity index (χ1v) is 5.59. The first-order chi connectivity index (χ1) is 8.04. The van der Waals surface area contributed by atoms with E-state index in [1.165, 1.54) is 12.3 Å². The van der Waals surface area contributed by atoms with Gasteiger partial charge in [-0.2, -0.15) is 0 Å². The standard InChI is InChI=1S/C13H12ClFN2/c1-8-3-9(2)5-11(4-8)17-13-12(15)6-10(14)7-16-13/h3-7H,1-2H3,(H,16,17). The van der Waals surface area contributed by atoms with Crippen LogP contribution in [0.25, 0.3) is 0 Å². The third-order valence-electron chi connectivity index (χ3n) is 2.29. The second-order valence-corrected chi connectivity index (χ2v) is 4.42. The first kappa shape index (κ1) is 11.9. The lowest BCUT2D eigenvalue weighted by molar-refractivity contribution is 0.626. The number of anilines is 2. The molecule has 2 rings (SSSR count). The monoisotopic (exact) mass is 250 g/mol. The summed E-state index contributed by atoms with van der Waals surface area (Å²) in [4.78, 5) is 3.91. The van der Waals surface area contributed by atoms with Gasteiger partial charge in [-0.15, -0.1) is 0 Å². The fourth-order valence-corrected chi connectivity index (χ4v) is 1.83. The Kier molecular flexibility index (Phi) is 3.29. The van der Waals surface area contributed by atoms with Crippen LogP contribution < -0.4 is 5.32 Å². The number of aryl methyl sites for hydroxylation is 2. The van der Waals surface area contributed by atoms with Gasteiger partial charge in [0.2, 0.25) is 0 Å². The summed E-state index contributed by atoms with van der Waals surface area (Å²) in [6.45, 7) is 3.98. The van der Waals surface area contributed by atoms with E-state index in [-0.39, 0.29) is 10.8 Å². The lowest BCUT2D eigenvalue weighted by atomic mass is 10.1. The van der Waals surface area contributed by atoms with Gasteiger partial charge in [0.05, 0.1) is 5.02 Å². The fourth-order valence-electron chi connectivity index (χ4n) is 1.69. The molecule has 0 atom stereocenters. The predicted octanol–water partition coefficient (Wildman–Crippen LogP) is 4.23. The predicted molar refractivity (Wildman–Crippen MR) is 68.4 cm³/mol. The van der Waals surface area contributed by atoms with Gasteiger partial charge in [-0.05, 0) is 43.2 Å². The van der Waals surface area contributed by atoms with E-state index in [4.69, 9.17) is 11.6 Å². The molecule has 0 saturated carbocycles. The molecular formula is C13H12ClFN2. The quantitative estimate of drug-likeness (QED) is 0.863. The van der Waals surface area contributed by atoms with Gasteiger partial charge in [0.1, 0.15) is 0 Å². The lowest BCUT2D eigenvalue weighted by Crippen LogP contribution is -1.97. The van der Waals surface area contributed by atoms with Crippen molar-refractivity contribution in [2.75, 3.05) is 5.32 Å². The number of hydrogen-bond donors (Lipinski definition) is 1. The Labute approximate surface area is 104 Å². The van der Waals surface area contributed by atoms with Crippen LogP contribution in [0.15, 0.2) is 30.5 Å². The molecule has 17 heavy (non-hydrogen) atoms. The maximum atomic E-state index is 13.5. The topological polar surface area (TPSA) is 24.9 Å². The lowest BCUT2D eigenvalue weighted by Gasteiger charge is -2.08. The average Bonchev–Trinajstić information content (AvgIpc) is 2.21. The van der Waals surface area contributed by atoms with Crippen LogP contribution in [0.4, 0.5) is 15.9 Å². The van der Waals surface area contributed by atoms with Crippen LogP contribution in [0.2, 0.25) is 5.02 Å². The highest BCUT2D eigenvalue weighted by Gasteiger charge is 2.05. The molecule has 0 spiro atoms. The maximum Gasteiger partial charge on any atom is 0.167 e. The van der Waals surface area contributed by atoms with Crippen molar-refractivity contribution in [2.45, 2.75) is 13.8 Å². The van der Waals surface area contributed by atoms with Gasteiger partial charge in [-0.3, -0.25) is 0 Å². The first-order valence-electron chi connectivity index (χ1n) is 5.21. The Bertz CT molecular complexity index is 535. The number of nitrogens with one attached hydrogen (secondary N) is 1. The molecule has 4 heteroatoms. The summed E-state index contributed by atoms with van der Waals surface area (Å²) in [5.41, 5.74) is 3.04. The number of rotatable bonds is 2. The number of hydrogen-bond acceptors (Lipinski definition) is 2. The molecule has 0 aliphatic heterocycles. The number of aromatic nitrogens is 1. The zero-order valence-electron chi connectivity index (χ0n) is 9.59. The molecule has 0 unspecified atom stereocenters. The summed E-state index contributed by atoms with van der Waals surface area (Å²) in [5.74, 6) is -0.281. The Morgan fingerprint density at radius 2 is 1.76 bits per heavy atom. The van der Waals surface area contributed by atoms with E-state index in [0.717, 1.165) is 16.8 Å². The minimum absolute atomic E-state index is 0.180. The molecule has 2 aromatic rings. The molecule has 0 aliphatic carbocycles. The van der Waals surface area contributed by atoms with Crippen molar-refractivity contribution in [1.82, 2.24) is 4.98 Å². The molecule has 1 heterocycles. The van der Waals surface area contributed by atoms with Crippen LogP contribution in [-0.2, 0) is 0 Å². The molecule has 88 valence electrons. The summed E-state index contributed by atoms with van der Waals surface area (Å²) in [6.07, 6.45) is 1.41. The van der Waals surface area contributed by atoms with Gasteiger partial charge in [0.15, 0.2) is 11.6 Å². The van der Waals surface area contributed by atoms with Gasteiger partial charge < -0.3 is 5.32 Å². The maximum absolute atomic E-state index is 13.5. The third-order valence-corrected chi connectivity index (χ3v) is 2.50. The Balaban J connectivity index is 2.31. The molecule has 1 aromatic heterocycles. The van der Waals surface area contributed by atoms with E-state index in [0.29, 0.717) is 0 Å². The highest BCUT2D eigenvalue weighted by atomic mass is 35.5. The molecule has 0 aliphatic rings. The summed E-state index contributed by atoms with van der Waals surface area (Å²) in [5, 5.41) is 3.22. The van der Waals surface area contributed by atoms with Crippen molar-refractivity contribution in [3.63, 3.8) is 0 Å². The fraction of sp³-hybridized carbons (Fsp3) is 0.154. The molecule has 0 bridgehead atoms. The highest BCUT2D eigenvalue weighted by Crippen LogP contribution is 2.21. The van der Waals surface area contributed by atoms with Crippen molar-refractivity contribution >= 4 is 23.1 Å². The Morgan fingerprint density at radius 1 is 1.12 bits per heavy atom. The van der Waals surface area contributed by atoms with Gasteiger partial charge in [-0.25, -0.2) is 9.37 Å². The average molecular weight is 251 g/mol. The van der Waals surface area contributed by atoms with Gasteiger partial charge in [0.25, 0.3) is 0 Å². The number of benzene rings is 1. The minimum Gasteiger partial charge on any atom is -0.338 e. The van der Waals surface area contributed by atoms with Crippen LogP contribution >= 0.6 is 11.6 Å². The second-order valence-electron chi connectivity index (χ2n) is 3.99. The van der Waals surface area contributed by atoms with Crippen molar-refractivity contribution in [1.29, 1.82) is 0 Å². The number of halogens is 2. The Hall–Kier alpha value is -1.61. The Morgan fingerprint density at radius 3 is 2.35 bits per heavy atom. The molecule has 0 saturated heterocycles. The van der Waals surface area contributed by atoms with Gasteiger partial charge >= 0.3 is 0 Å². The normalized spacial score (nSPS) is 10.4. The van der Waals surface area contributed by atoms with E-state index in [1.807, 2.05) is 26.0 Å². The van der Waals surface area contributed by atoms with E-state index in [2.05, 4.69) is 16.4 Å². The molecule has 0 amide bonds. The van der Waals surface area contributed by atoms with Crippen LogP contribution in [-0.4, -0.2) is 4.98 Å². The highest BCUT2D eigenvalue weighted by molar-refractivity contribution is 6.30. The van der Waals surface area contributed by atoms with E-state index in [1.54, 1.807) is 0 Å². The van der Waals surface area contributed by atoms with Crippen LogP contribution in [0.5, 0.6) is 0 Å². The minimum atomic E-state index is -0.461.